The molecule has 3 rings (SSSR count). The minimum Gasteiger partial charge on any atom is -0.482 e. The second-order valence-corrected chi connectivity index (χ2v) is 6.69. The van der Waals surface area contributed by atoms with Crippen LogP contribution in [0, 0.1) is 0 Å². The first-order valence-electron chi connectivity index (χ1n) is 6.68. The monoisotopic (exact) mass is 361 g/mol. The van der Waals surface area contributed by atoms with Crippen LogP contribution in [0.25, 0.3) is 10.4 Å². The van der Waals surface area contributed by atoms with Gasteiger partial charge in [0.1, 0.15) is 5.60 Å². The summed E-state index contributed by atoms with van der Waals surface area (Å²) in [6.45, 7) is 3.54. The molecule has 0 fully saturated rings. The Morgan fingerprint density at radius 1 is 1.23 bits per heavy atom. The summed E-state index contributed by atoms with van der Waals surface area (Å²) in [5.41, 5.74) is 8.78. The number of alkyl halides is 1. The summed E-state index contributed by atoms with van der Waals surface area (Å²) >= 11 is 3.44. The molecule has 0 radical (unpaired) electrons. The van der Waals surface area contributed by atoms with Crippen LogP contribution in [0.3, 0.4) is 0 Å². The maximum Gasteiger partial charge on any atom is 0.228 e. The van der Waals surface area contributed by atoms with Gasteiger partial charge in [-0.15, -0.1) is 0 Å². The van der Waals surface area contributed by atoms with Crippen molar-refractivity contribution in [1.29, 1.82) is 0 Å². The third-order valence-corrected chi connectivity index (χ3v) is 5.49. The summed E-state index contributed by atoms with van der Waals surface area (Å²) in [6, 6.07) is 5.78. The van der Waals surface area contributed by atoms with Gasteiger partial charge in [0.2, 0.25) is 5.78 Å². The Kier molecular flexibility index (Phi) is 3.34. The molecule has 0 saturated heterocycles. The fraction of sp³-hybridized carbons (Fsp3) is 0.333. The van der Waals surface area contributed by atoms with E-state index in [0.29, 0.717) is 11.1 Å². The van der Waals surface area contributed by atoms with Crippen LogP contribution < -0.4 is 0 Å². The largest absolute Gasteiger partial charge is 0.482 e. The number of halogens is 1. The number of Topliss-reactive ketones (excluding diaryl/α,β-unsaturated/α-hetero) is 2. The van der Waals surface area contributed by atoms with Gasteiger partial charge in [-0.05, 0) is 19.4 Å². The van der Waals surface area contributed by atoms with E-state index in [1.165, 1.54) is 0 Å². The van der Waals surface area contributed by atoms with Crippen LogP contribution in [-0.2, 0) is 4.74 Å². The summed E-state index contributed by atoms with van der Waals surface area (Å²) in [7, 11) is 0. The zero-order chi connectivity index (χ0) is 16.1. The summed E-state index contributed by atoms with van der Waals surface area (Å²) in [4.78, 5) is 27.8. The van der Waals surface area contributed by atoms with E-state index in [9.17, 15) is 9.59 Å². The quantitative estimate of drug-likeness (QED) is 0.331. The number of rotatable bonds is 1. The molecule has 6 nitrogen and oxygen atoms in total. The molecule has 0 bridgehead atoms. The van der Waals surface area contributed by atoms with E-state index < -0.39 is 16.5 Å². The molecule has 22 heavy (non-hydrogen) atoms. The molecule has 0 aromatic heterocycles. The lowest BCUT2D eigenvalue weighted by Crippen LogP contribution is -2.50. The summed E-state index contributed by atoms with van der Waals surface area (Å²) in [5.74, 6) is -0.694. The molecular formula is C15H12BrN3O3. The van der Waals surface area contributed by atoms with Crippen molar-refractivity contribution in [1.82, 2.24) is 0 Å². The van der Waals surface area contributed by atoms with Gasteiger partial charge in [-0.1, -0.05) is 45.3 Å². The highest BCUT2D eigenvalue weighted by atomic mass is 79.9. The van der Waals surface area contributed by atoms with Crippen molar-refractivity contribution in [3.05, 3.63) is 57.2 Å². The number of nitrogens with zero attached hydrogens (tertiary/aromatic N) is 3. The number of fused-ring (bicyclic) bond motifs is 1. The van der Waals surface area contributed by atoms with Crippen LogP contribution in [0.2, 0.25) is 0 Å². The maximum absolute atomic E-state index is 12.7. The van der Waals surface area contributed by atoms with Crippen LogP contribution in [0.1, 0.15) is 34.6 Å². The molecule has 1 aromatic carbocycles. The van der Waals surface area contributed by atoms with E-state index in [0.717, 1.165) is 0 Å². The number of azide groups is 1. The van der Waals surface area contributed by atoms with Gasteiger partial charge >= 0.3 is 0 Å². The Morgan fingerprint density at radius 3 is 2.41 bits per heavy atom. The van der Waals surface area contributed by atoms with Crippen LogP contribution in [0.4, 0.5) is 0 Å². The van der Waals surface area contributed by atoms with Gasteiger partial charge in [-0.25, -0.2) is 0 Å². The predicted molar refractivity (Wildman–Crippen MR) is 82.9 cm³/mol. The molecule has 0 N–H and O–H groups in total. The highest BCUT2D eigenvalue weighted by Gasteiger charge is 2.49. The number of ether oxygens (including phenoxy) is 1. The van der Waals surface area contributed by atoms with Gasteiger partial charge in [-0.3, -0.25) is 9.59 Å². The number of benzene rings is 1. The molecule has 0 saturated carbocycles. The standard InChI is InChI=1S/C15H12BrN3O3/c1-15(2)14(16)10(18-19-17)9-11(20)7-5-3-4-6-8(7)12(21)13(9)22-15/h3-6,10,14H,1-2H3/t10?,14-/m0/s1. The second-order valence-electron chi connectivity index (χ2n) is 5.70. The van der Waals surface area contributed by atoms with E-state index in [2.05, 4.69) is 26.0 Å². The molecule has 2 aliphatic rings. The third kappa shape index (κ3) is 1.97. The molecule has 0 spiro atoms. The molecular weight excluding hydrogens is 350 g/mol. The van der Waals surface area contributed by atoms with E-state index in [4.69, 9.17) is 10.3 Å². The molecule has 1 aliphatic heterocycles. The SMILES string of the molecule is CC1(C)OC2=C(C(=O)c3ccccc3C2=O)C(N=[N+]=[N-])[C@@H]1Br. The summed E-state index contributed by atoms with van der Waals surface area (Å²) in [5, 5.41) is 3.73. The van der Waals surface area contributed by atoms with E-state index >= 15 is 0 Å². The van der Waals surface area contributed by atoms with Crippen LogP contribution in [0.5, 0.6) is 0 Å². The normalized spacial score (nSPS) is 25.8. The number of ketones is 2. The average molecular weight is 362 g/mol. The molecule has 7 heteroatoms. The van der Waals surface area contributed by atoms with Gasteiger partial charge in [0, 0.05) is 16.0 Å². The van der Waals surface area contributed by atoms with Crippen molar-refractivity contribution in [3.63, 3.8) is 0 Å². The number of hydrogen-bond donors (Lipinski definition) is 0. The van der Waals surface area contributed by atoms with Crippen LogP contribution in [-0.4, -0.2) is 28.0 Å². The van der Waals surface area contributed by atoms with Gasteiger partial charge < -0.3 is 4.74 Å². The molecule has 1 unspecified atom stereocenters. The topological polar surface area (TPSA) is 92.1 Å². The van der Waals surface area contributed by atoms with Crippen LogP contribution >= 0.6 is 15.9 Å². The summed E-state index contributed by atoms with van der Waals surface area (Å²) in [6.07, 6.45) is 0. The molecule has 0 amide bonds. The zero-order valence-corrected chi connectivity index (χ0v) is 13.5. The Balaban J connectivity index is 2.26. The zero-order valence-electron chi connectivity index (χ0n) is 11.9. The first-order chi connectivity index (χ1) is 10.4. The highest BCUT2D eigenvalue weighted by Crippen LogP contribution is 2.42. The Hall–Kier alpha value is -2.11. The smallest absolute Gasteiger partial charge is 0.228 e. The molecule has 2 atom stereocenters. The first-order valence-corrected chi connectivity index (χ1v) is 7.60. The summed E-state index contributed by atoms with van der Waals surface area (Å²) < 4.78 is 5.79. The van der Waals surface area contributed by atoms with Gasteiger partial charge in [0.25, 0.3) is 0 Å². The fourth-order valence-corrected chi connectivity index (χ4v) is 3.22. The molecule has 112 valence electrons. The molecule has 1 aliphatic carbocycles. The maximum atomic E-state index is 12.7. The number of allylic oxidation sites excluding steroid dienone is 1. The third-order valence-electron chi connectivity index (χ3n) is 3.89. The average Bonchev–Trinajstić information content (AvgIpc) is 2.49. The molecule has 1 aromatic rings. The minimum atomic E-state index is -0.798. The Labute approximate surface area is 134 Å². The predicted octanol–water partition coefficient (Wildman–Crippen LogP) is 3.57. The minimum absolute atomic E-state index is 0.0122. The number of hydrogen-bond acceptors (Lipinski definition) is 4. The second kappa shape index (κ2) is 4.97. The van der Waals surface area contributed by atoms with Gasteiger partial charge in [-0.2, -0.15) is 0 Å². The van der Waals surface area contributed by atoms with Gasteiger partial charge in [0.05, 0.1) is 16.4 Å². The fourth-order valence-electron chi connectivity index (χ4n) is 2.76. The number of carbonyl (C=O) groups is 2. The number of carbonyl (C=O) groups excluding carboxylic acids is 2. The van der Waals surface area contributed by atoms with Crippen molar-refractivity contribution in [2.24, 2.45) is 5.11 Å². The van der Waals surface area contributed by atoms with Crippen molar-refractivity contribution >= 4 is 27.5 Å². The Morgan fingerprint density at radius 2 is 1.82 bits per heavy atom. The molecule has 1 heterocycles. The first kappa shape index (κ1) is 14.8. The van der Waals surface area contributed by atoms with Crippen molar-refractivity contribution < 1.29 is 14.3 Å². The lowest BCUT2D eigenvalue weighted by molar-refractivity contribution is 0.0124. The van der Waals surface area contributed by atoms with Crippen LogP contribution in [0.15, 0.2) is 40.7 Å². The lowest BCUT2D eigenvalue weighted by atomic mass is 9.79. The van der Waals surface area contributed by atoms with E-state index in [1.54, 1.807) is 38.1 Å². The van der Waals surface area contributed by atoms with Gasteiger partial charge in [0.15, 0.2) is 11.5 Å². The lowest BCUT2D eigenvalue weighted by Gasteiger charge is -2.42. The van der Waals surface area contributed by atoms with Crippen molar-refractivity contribution in [2.45, 2.75) is 30.3 Å². The van der Waals surface area contributed by atoms with Crippen molar-refractivity contribution in [3.8, 4) is 0 Å². The van der Waals surface area contributed by atoms with Crippen molar-refractivity contribution in [2.75, 3.05) is 0 Å². The Bertz CT molecular complexity index is 778. The van der Waals surface area contributed by atoms with E-state index in [-0.39, 0.29) is 22.9 Å². The highest BCUT2D eigenvalue weighted by molar-refractivity contribution is 9.09. The van der Waals surface area contributed by atoms with E-state index in [1.807, 2.05) is 0 Å².